The molecule has 0 unspecified atom stereocenters. The van der Waals surface area contributed by atoms with Crippen LogP contribution >= 0.6 is 0 Å². The van der Waals surface area contributed by atoms with Crippen molar-refractivity contribution in [1.29, 1.82) is 5.26 Å². The first-order valence-corrected chi connectivity index (χ1v) is 4.01. The molecule has 0 heterocycles. The van der Waals surface area contributed by atoms with E-state index in [-0.39, 0.29) is 17.8 Å². The van der Waals surface area contributed by atoms with Gasteiger partial charge in [0.05, 0.1) is 4.92 Å². The molecule has 1 rings (SSSR count). The van der Waals surface area contributed by atoms with Crippen molar-refractivity contribution < 1.29 is 10.1 Å². The Morgan fingerprint density at radius 1 is 1.53 bits per heavy atom. The van der Waals surface area contributed by atoms with Crippen molar-refractivity contribution in [3.05, 3.63) is 39.9 Å². The number of hydrogen-bond donors (Lipinski definition) is 1. The lowest BCUT2D eigenvalue weighted by atomic mass is 10.1. The van der Waals surface area contributed by atoms with E-state index in [4.69, 9.17) is 10.5 Å². The maximum absolute atomic E-state index is 10.3. The normalized spacial score (nSPS) is 10.7. The summed E-state index contributed by atoms with van der Waals surface area (Å²) in [7, 11) is 0. The van der Waals surface area contributed by atoms with Gasteiger partial charge in [0.15, 0.2) is 5.71 Å². The number of hydrogen-bond acceptors (Lipinski definition) is 5. The zero-order valence-electron chi connectivity index (χ0n) is 7.62. The molecule has 76 valence electrons. The Kier molecular flexibility index (Phi) is 3.35. The Hall–Kier alpha value is -2.42. The van der Waals surface area contributed by atoms with E-state index in [0.717, 1.165) is 0 Å². The van der Waals surface area contributed by atoms with E-state index in [1.54, 1.807) is 6.07 Å². The minimum atomic E-state index is -0.505. The lowest BCUT2D eigenvalue weighted by Gasteiger charge is -1.97. The number of oxime groups is 1. The minimum absolute atomic E-state index is 0.0156. The third-order valence-corrected chi connectivity index (χ3v) is 1.77. The van der Waals surface area contributed by atoms with Crippen LogP contribution in [0, 0.1) is 21.4 Å². The van der Waals surface area contributed by atoms with Crippen molar-refractivity contribution in [3.63, 3.8) is 0 Å². The molecule has 1 N–H and O–H groups in total. The number of non-ortho nitro benzene ring substituents is 1. The van der Waals surface area contributed by atoms with Crippen LogP contribution in [0.3, 0.4) is 0 Å². The highest BCUT2D eigenvalue weighted by molar-refractivity contribution is 5.99. The second-order valence-corrected chi connectivity index (χ2v) is 2.76. The van der Waals surface area contributed by atoms with Crippen LogP contribution in [0.4, 0.5) is 5.69 Å². The van der Waals surface area contributed by atoms with E-state index in [2.05, 4.69) is 5.16 Å². The molecule has 0 bridgehead atoms. The standard InChI is InChI=1S/C9H7N3O3/c10-6-8(11-13)5-7-1-3-9(4-2-7)12(14)15/h1-4,13H,5H2/b11-8+. The molecule has 15 heavy (non-hydrogen) atoms. The zero-order valence-corrected chi connectivity index (χ0v) is 7.62. The summed E-state index contributed by atoms with van der Waals surface area (Å²) in [5, 5.41) is 30.0. The summed E-state index contributed by atoms with van der Waals surface area (Å²) in [4.78, 5) is 9.83. The smallest absolute Gasteiger partial charge is 0.269 e. The average molecular weight is 205 g/mol. The van der Waals surface area contributed by atoms with E-state index in [1.807, 2.05) is 0 Å². The molecule has 0 aliphatic heterocycles. The fourth-order valence-corrected chi connectivity index (χ4v) is 1.03. The minimum Gasteiger partial charge on any atom is -0.410 e. The molecule has 1 aromatic carbocycles. The van der Waals surface area contributed by atoms with Crippen LogP contribution in [0.5, 0.6) is 0 Å². The SMILES string of the molecule is N#C/C(Cc1ccc([N+](=O)[O-])cc1)=N/O. The average Bonchev–Trinajstić information content (AvgIpc) is 2.26. The Morgan fingerprint density at radius 2 is 2.13 bits per heavy atom. The molecule has 0 saturated heterocycles. The van der Waals surface area contributed by atoms with Crippen molar-refractivity contribution in [2.24, 2.45) is 5.16 Å². The van der Waals surface area contributed by atoms with Gasteiger partial charge in [0.25, 0.3) is 5.69 Å². The largest absolute Gasteiger partial charge is 0.410 e. The number of nitro benzene ring substituents is 1. The molecule has 0 aromatic heterocycles. The maximum Gasteiger partial charge on any atom is 0.269 e. The van der Waals surface area contributed by atoms with Gasteiger partial charge in [0, 0.05) is 18.6 Å². The van der Waals surface area contributed by atoms with Crippen molar-refractivity contribution in [1.82, 2.24) is 0 Å². The van der Waals surface area contributed by atoms with Crippen LogP contribution in [0.25, 0.3) is 0 Å². The topological polar surface area (TPSA) is 99.5 Å². The molecule has 0 atom stereocenters. The van der Waals surface area contributed by atoms with Crippen LogP contribution in [0.2, 0.25) is 0 Å². The quantitative estimate of drug-likeness (QED) is 0.349. The van der Waals surface area contributed by atoms with Crippen LogP contribution in [-0.2, 0) is 6.42 Å². The fraction of sp³-hybridized carbons (Fsp3) is 0.111. The van der Waals surface area contributed by atoms with E-state index >= 15 is 0 Å². The lowest BCUT2D eigenvalue weighted by Crippen LogP contribution is -1.99. The van der Waals surface area contributed by atoms with Crippen molar-refractivity contribution in [3.8, 4) is 6.07 Å². The molecule has 0 saturated carbocycles. The molecular formula is C9H7N3O3. The van der Waals surface area contributed by atoms with Gasteiger partial charge < -0.3 is 5.21 Å². The lowest BCUT2D eigenvalue weighted by molar-refractivity contribution is -0.384. The summed E-state index contributed by atoms with van der Waals surface area (Å²) in [6, 6.07) is 7.40. The van der Waals surface area contributed by atoms with Crippen LogP contribution in [0.15, 0.2) is 29.4 Å². The fourth-order valence-electron chi connectivity index (χ4n) is 1.03. The predicted octanol–water partition coefficient (Wildman–Crippen LogP) is 1.49. The summed E-state index contributed by atoms with van der Waals surface area (Å²) in [6.45, 7) is 0. The first kappa shape index (κ1) is 10.7. The molecule has 0 amide bonds. The third-order valence-electron chi connectivity index (χ3n) is 1.77. The highest BCUT2D eigenvalue weighted by Gasteiger charge is 2.05. The molecule has 0 aliphatic carbocycles. The second-order valence-electron chi connectivity index (χ2n) is 2.76. The number of nitriles is 1. The van der Waals surface area contributed by atoms with Gasteiger partial charge in [-0.1, -0.05) is 17.3 Å². The van der Waals surface area contributed by atoms with E-state index in [9.17, 15) is 10.1 Å². The number of rotatable bonds is 3. The van der Waals surface area contributed by atoms with Gasteiger partial charge in [-0.25, -0.2) is 0 Å². The van der Waals surface area contributed by atoms with Crippen molar-refractivity contribution in [2.45, 2.75) is 6.42 Å². The Balaban J connectivity index is 2.82. The highest BCUT2D eigenvalue weighted by Crippen LogP contribution is 2.12. The number of nitro groups is 1. The van der Waals surface area contributed by atoms with Gasteiger partial charge in [-0.2, -0.15) is 5.26 Å². The molecule has 0 radical (unpaired) electrons. The van der Waals surface area contributed by atoms with Crippen LogP contribution in [-0.4, -0.2) is 15.8 Å². The van der Waals surface area contributed by atoms with Gasteiger partial charge in [-0.05, 0) is 5.56 Å². The molecule has 0 aliphatic rings. The summed E-state index contributed by atoms with van der Waals surface area (Å²) < 4.78 is 0. The van der Waals surface area contributed by atoms with Crippen molar-refractivity contribution in [2.75, 3.05) is 0 Å². The monoisotopic (exact) mass is 205 g/mol. The highest BCUT2D eigenvalue weighted by atomic mass is 16.6. The summed E-state index contributed by atoms with van der Waals surface area (Å²) in [5.74, 6) is 0. The van der Waals surface area contributed by atoms with E-state index in [0.29, 0.717) is 5.56 Å². The van der Waals surface area contributed by atoms with Gasteiger partial charge in [0.2, 0.25) is 0 Å². The van der Waals surface area contributed by atoms with Gasteiger partial charge in [0.1, 0.15) is 6.07 Å². The molecular weight excluding hydrogens is 198 g/mol. The molecule has 1 aromatic rings. The third kappa shape index (κ3) is 2.77. The molecule has 6 nitrogen and oxygen atoms in total. The maximum atomic E-state index is 10.3. The first-order chi connectivity index (χ1) is 7.17. The summed E-state index contributed by atoms with van der Waals surface area (Å²) in [6.07, 6.45) is 0.158. The summed E-state index contributed by atoms with van der Waals surface area (Å²) >= 11 is 0. The van der Waals surface area contributed by atoms with Gasteiger partial charge in [-0.15, -0.1) is 0 Å². The Bertz CT molecular complexity index is 431. The summed E-state index contributed by atoms with van der Waals surface area (Å²) in [5.41, 5.74) is 0.622. The molecule has 0 spiro atoms. The van der Waals surface area contributed by atoms with Crippen molar-refractivity contribution >= 4 is 11.4 Å². The van der Waals surface area contributed by atoms with Crippen LogP contribution < -0.4 is 0 Å². The zero-order chi connectivity index (χ0) is 11.3. The predicted molar refractivity (Wildman–Crippen MR) is 51.6 cm³/mol. The molecule has 6 heteroatoms. The van der Waals surface area contributed by atoms with E-state index in [1.165, 1.54) is 24.3 Å². The van der Waals surface area contributed by atoms with E-state index < -0.39 is 4.92 Å². The Labute approximate surface area is 85.2 Å². The van der Waals surface area contributed by atoms with Crippen LogP contribution in [0.1, 0.15) is 5.56 Å². The second kappa shape index (κ2) is 4.72. The first-order valence-electron chi connectivity index (χ1n) is 4.01. The van der Waals surface area contributed by atoms with Gasteiger partial charge in [-0.3, -0.25) is 10.1 Å². The Morgan fingerprint density at radius 3 is 2.53 bits per heavy atom. The number of benzene rings is 1. The number of nitrogens with zero attached hydrogens (tertiary/aromatic N) is 3. The van der Waals surface area contributed by atoms with Gasteiger partial charge >= 0.3 is 0 Å². The molecule has 0 fully saturated rings.